The van der Waals surface area contributed by atoms with Crippen molar-refractivity contribution in [2.24, 2.45) is 11.8 Å². The zero-order valence-electron chi connectivity index (χ0n) is 17.4. The molecule has 0 bridgehead atoms. The summed E-state index contributed by atoms with van der Waals surface area (Å²) in [6.45, 7) is 10.2. The molecular formula is C22H30O6. The Morgan fingerprint density at radius 1 is 1.04 bits per heavy atom. The number of aliphatic hydroxyl groups is 1. The van der Waals surface area contributed by atoms with E-state index >= 15 is 0 Å². The molecule has 0 amide bonds. The summed E-state index contributed by atoms with van der Waals surface area (Å²) >= 11 is 0. The van der Waals surface area contributed by atoms with E-state index in [2.05, 4.69) is 0 Å². The van der Waals surface area contributed by atoms with Crippen LogP contribution in [-0.4, -0.2) is 40.6 Å². The van der Waals surface area contributed by atoms with Crippen LogP contribution in [0.4, 0.5) is 0 Å². The summed E-state index contributed by atoms with van der Waals surface area (Å²) in [4.78, 5) is 38.6. The monoisotopic (exact) mass is 390 g/mol. The molecule has 4 atom stereocenters. The minimum Gasteiger partial charge on any atom is -0.463 e. The lowest BCUT2D eigenvalue weighted by Gasteiger charge is -2.44. The van der Waals surface area contributed by atoms with Crippen molar-refractivity contribution < 1.29 is 29.0 Å². The third kappa shape index (κ3) is 4.79. The second kappa shape index (κ2) is 8.43. The van der Waals surface area contributed by atoms with E-state index in [1.807, 2.05) is 19.1 Å². The highest BCUT2D eigenvalue weighted by Crippen LogP contribution is 2.47. The van der Waals surface area contributed by atoms with Gasteiger partial charge >= 0.3 is 11.9 Å². The van der Waals surface area contributed by atoms with E-state index < -0.39 is 47.2 Å². The van der Waals surface area contributed by atoms with Crippen LogP contribution < -0.4 is 0 Å². The molecular weight excluding hydrogens is 360 g/mol. The fourth-order valence-electron chi connectivity index (χ4n) is 3.82. The van der Waals surface area contributed by atoms with Crippen molar-refractivity contribution in [2.75, 3.05) is 0 Å². The molecule has 0 spiro atoms. The normalized spacial score (nSPS) is 27.8. The molecule has 1 saturated carbocycles. The van der Waals surface area contributed by atoms with Gasteiger partial charge in [-0.1, -0.05) is 29.8 Å². The Kier molecular flexibility index (Phi) is 6.65. The van der Waals surface area contributed by atoms with Gasteiger partial charge in [-0.25, -0.2) is 0 Å². The summed E-state index contributed by atoms with van der Waals surface area (Å²) in [5.74, 6) is -4.84. The Morgan fingerprint density at radius 3 is 2.04 bits per heavy atom. The molecule has 1 N–H and O–H groups in total. The second-order valence-electron chi connectivity index (χ2n) is 8.36. The van der Waals surface area contributed by atoms with Crippen LogP contribution in [0.3, 0.4) is 0 Å². The molecule has 0 unspecified atom stereocenters. The first-order chi connectivity index (χ1) is 12.9. The minimum atomic E-state index is -1.63. The van der Waals surface area contributed by atoms with Crippen molar-refractivity contribution in [3.63, 3.8) is 0 Å². The molecule has 0 saturated heterocycles. The topological polar surface area (TPSA) is 89.9 Å². The lowest BCUT2D eigenvalue weighted by Crippen LogP contribution is -2.55. The minimum absolute atomic E-state index is 0.314. The molecule has 1 fully saturated rings. The number of carbonyl (C=O) groups is 3. The molecule has 6 nitrogen and oxygen atoms in total. The Hall–Kier alpha value is -2.21. The van der Waals surface area contributed by atoms with Crippen LogP contribution in [0, 0.1) is 18.8 Å². The Morgan fingerprint density at radius 2 is 1.54 bits per heavy atom. The Balaban J connectivity index is 2.59. The van der Waals surface area contributed by atoms with Crippen molar-refractivity contribution in [3.05, 3.63) is 35.4 Å². The van der Waals surface area contributed by atoms with Crippen LogP contribution in [0.5, 0.6) is 0 Å². The van der Waals surface area contributed by atoms with Crippen molar-refractivity contribution in [1.29, 1.82) is 0 Å². The molecule has 2 rings (SSSR count). The van der Waals surface area contributed by atoms with Crippen LogP contribution in [0.25, 0.3) is 0 Å². The van der Waals surface area contributed by atoms with Gasteiger partial charge in [-0.05, 0) is 47.1 Å². The molecule has 154 valence electrons. The van der Waals surface area contributed by atoms with Gasteiger partial charge in [0.2, 0.25) is 0 Å². The van der Waals surface area contributed by atoms with Crippen LogP contribution in [0.15, 0.2) is 24.3 Å². The van der Waals surface area contributed by atoms with E-state index in [0.717, 1.165) is 5.56 Å². The summed E-state index contributed by atoms with van der Waals surface area (Å²) in [7, 11) is 0. The molecule has 1 aliphatic carbocycles. The van der Waals surface area contributed by atoms with E-state index in [9.17, 15) is 19.5 Å². The van der Waals surface area contributed by atoms with Crippen molar-refractivity contribution in [2.45, 2.75) is 71.7 Å². The highest BCUT2D eigenvalue weighted by molar-refractivity contribution is 6.02. The van der Waals surface area contributed by atoms with Crippen molar-refractivity contribution in [3.8, 4) is 0 Å². The molecule has 0 aromatic heterocycles. The van der Waals surface area contributed by atoms with Gasteiger partial charge in [-0.2, -0.15) is 0 Å². The summed E-state index contributed by atoms with van der Waals surface area (Å²) in [6, 6.07) is 7.25. The first kappa shape index (κ1) is 22.1. The lowest BCUT2D eigenvalue weighted by atomic mass is 9.61. The number of hydrogen-bond donors (Lipinski definition) is 1. The lowest BCUT2D eigenvalue weighted by molar-refractivity contribution is -0.176. The van der Waals surface area contributed by atoms with Gasteiger partial charge in [-0.3, -0.25) is 14.4 Å². The smallest absolute Gasteiger partial charge is 0.317 e. The van der Waals surface area contributed by atoms with Crippen LogP contribution >= 0.6 is 0 Å². The van der Waals surface area contributed by atoms with Gasteiger partial charge in [-0.15, -0.1) is 0 Å². The number of carbonyl (C=O) groups excluding carboxylic acids is 3. The van der Waals surface area contributed by atoms with E-state index in [-0.39, 0.29) is 12.5 Å². The Bertz CT molecular complexity index is 724. The van der Waals surface area contributed by atoms with Gasteiger partial charge in [0.1, 0.15) is 5.92 Å². The summed E-state index contributed by atoms with van der Waals surface area (Å²) in [6.07, 6.45) is -1.10. The van der Waals surface area contributed by atoms with Gasteiger partial charge < -0.3 is 14.6 Å². The quantitative estimate of drug-likeness (QED) is 0.614. The number of ketones is 1. The number of benzene rings is 1. The molecule has 1 aliphatic rings. The van der Waals surface area contributed by atoms with Crippen LogP contribution in [0.1, 0.15) is 58.1 Å². The average Bonchev–Trinajstić information content (AvgIpc) is 2.52. The molecule has 6 heteroatoms. The van der Waals surface area contributed by atoms with E-state index in [0.29, 0.717) is 5.56 Å². The van der Waals surface area contributed by atoms with E-state index in [4.69, 9.17) is 9.47 Å². The maximum Gasteiger partial charge on any atom is 0.317 e. The average molecular weight is 390 g/mol. The molecule has 0 aliphatic heterocycles. The van der Waals surface area contributed by atoms with Gasteiger partial charge in [0.05, 0.1) is 23.7 Å². The van der Waals surface area contributed by atoms with Crippen molar-refractivity contribution >= 4 is 17.7 Å². The molecule has 1 aromatic rings. The van der Waals surface area contributed by atoms with Crippen LogP contribution in [0.2, 0.25) is 0 Å². The maximum atomic E-state index is 12.9. The third-order valence-corrected chi connectivity index (χ3v) is 4.94. The van der Waals surface area contributed by atoms with Gasteiger partial charge in [0.25, 0.3) is 0 Å². The maximum absolute atomic E-state index is 12.9. The molecule has 1 aromatic carbocycles. The predicted molar refractivity (Wildman–Crippen MR) is 104 cm³/mol. The zero-order valence-corrected chi connectivity index (χ0v) is 17.4. The number of aryl methyl sites for hydroxylation is 1. The number of rotatable bonds is 5. The Labute approximate surface area is 166 Å². The number of hydrogen-bond acceptors (Lipinski definition) is 6. The second-order valence-corrected chi connectivity index (χ2v) is 8.36. The van der Waals surface area contributed by atoms with E-state index in [1.165, 1.54) is 6.92 Å². The standard InChI is InChI=1S/C22H30O6/c1-12(2)27-20(24)18-16(23)11-22(6,26)19(21(25)28-13(3)4)17(18)15-9-7-14(5)8-10-15/h7-10,12-13,17-19,26H,11H2,1-6H3/t17-,18-,19-,22+/m0/s1. The summed E-state index contributed by atoms with van der Waals surface area (Å²) in [5.41, 5.74) is -0.0108. The highest BCUT2D eigenvalue weighted by atomic mass is 16.5. The number of Topliss-reactive ketones (excluding diaryl/α,β-unsaturated/α-hetero) is 1. The largest absolute Gasteiger partial charge is 0.463 e. The zero-order chi connectivity index (χ0) is 21.2. The third-order valence-electron chi connectivity index (χ3n) is 4.94. The van der Waals surface area contributed by atoms with Gasteiger partial charge in [0, 0.05) is 12.3 Å². The molecule has 28 heavy (non-hydrogen) atoms. The van der Waals surface area contributed by atoms with Gasteiger partial charge in [0.15, 0.2) is 5.78 Å². The first-order valence-corrected chi connectivity index (χ1v) is 9.66. The van der Waals surface area contributed by atoms with E-state index in [1.54, 1.807) is 39.8 Å². The number of esters is 2. The predicted octanol–water partition coefficient (Wildman–Crippen LogP) is 2.94. The SMILES string of the molecule is Cc1ccc([C@H]2[C@@H](C(=O)OC(C)C)C(=O)C[C@@](C)(O)[C@@H]2C(=O)OC(C)C)cc1. The first-order valence-electron chi connectivity index (χ1n) is 9.66. The number of ether oxygens (including phenoxy) is 2. The summed E-state index contributed by atoms with van der Waals surface area (Å²) < 4.78 is 10.7. The summed E-state index contributed by atoms with van der Waals surface area (Å²) in [5, 5.41) is 11.0. The fourth-order valence-corrected chi connectivity index (χ4v) is 3.82. The molecule has 0 radical (unpaired) electrons. The fraction of sp³-hybridized carbons (Fsp3) is 0.591. The molecule has 0 heterocycles. The van der Waals surface area contributed by atoms with Crippen molar-refractivity contribution in [1.82, 2.24) is 0 Å². The highest BCUT2D eigenvalue weighted by Gasteiger charge is 2.57. The van der Waals surface area contributed by atoms with Crippen LogP contribution in [-0.2, 0) is 23.9 Å².